The van der Waals surface area contributed by atoms with Gasteiger partial charge in [0.1, 0.15) is 0 Å². The Morgan fingerprint density at radius 3 is 2.52 bits per heavy atom. The second-order valence-electron chi connectivity index (χ2n) is 6.05. The molecule has 1 aliphatic rings. The maximum atomic E-state index is 12.8. The molecule has 0 heterocycles. The van der Waals surface area contributed by atoms with Gasteiger partial charge in [-0.15, -0.1) is 0 Å². The number of likely N-dealkylation sites (N-methyl/N-ethyl adjacent to an activating group) is 1. The van der Waals surface area contributed by atoms with Crippen LogP contribution in [0.3, 0.4) is 0 Å². The van der Waals surface area contributed by atoms with Gasteiger partial charge in [0.25, 0.3) is 0 Å². The van der Waals surface area contributed by atoms with Crippen LogP contribution in [0.1, 0.15) is 38.3 Å². The van der Waals surface area contributed by atoms with Crippen LogP contribution >= 0.6 is 0 Å². The fourth-order valence-corrected chi connectivity index (χ4v) is 4.37. The third-order valence-electron chi connectivity index (χ3n) is 3.60. The van der Waals surface area contributed by atoms with E-state index in [-0.39, 0.29) is 6.54 Å². The molecule has 0 atom stereocenters. The van der Waals surface area contributed by atoms with E-state index in [4.69, 9.17) is 0 Å². The molecule has 0 aromatic heterocycles. The molecule has 0 amide bonds. The topological polar surface area (TPSA) is 57.6 Å². The minimum atomic E-state index is -3.52. The number of aliphatic hydroxyl groups is 1. The molecule has 0 saturated heterocycles. The van der Waals surface area contributed by atoms with Crippen LogP contribution in [0.25, 0.3) is 6.08 Å². The Morgan fingerprint density at radius 2 is 1.90 bits per heavy atom. The van der Waals surface area contributed by atoms with Crippen molar-refractivity contribution >= 4 is 16.1 Å². The third-order valence-corrected chi connectivity index (χ3v) is 5.65. The second-order valence-corrected chi connectivity index (χ2v) is 8.04. The first-order chi connectivity index (χ1) is 9.74. The molecule has 4 nitrogen and oxygen atoms in total. The summed E-state index contributed by atoms with van der Waals surface area (Å²) >= 11 is 0. The Bertz CT molecular complexity index is 642. The number of hydrogen-bond acceptors (Lipinski definition) is 3. The SMILES string of the molecule is CCN(CC(C)(C)O)S(=O)(=O)C1=Cc2ccccc2CC1. The number of sulfonamides is 1. The van der Waals surface area contributed by atoms with Gasteiger partial charge in [0.05, 0.1) is 10.5 Å². The fourth-order valence-electron chi connectivity index (χ4n) is 2.57. The van der Waals surface area contributed by atoms with Gasteiger partial charge in [0, 0.05) is 13.1 Å². The lowest BCUT2D eigenvalue weighted by Gasteiger charge is -2.29. The number of aryl methyl sites for hydroxylation is 1. The van der Waals surface area contributed by atoms with Crippen LogP contribution in [0.15, 0.2) is 29.2 Å². The molecule has 21 heavy (non-hydrogen) atoms. The average molecular weight is 309 g/mol. The van der Waals surface area contributed by atoms with Gasteiger partial charge in [-0.1, -0.05) is 31.2 Å². The molecule has 0 radical (unpaired) electrons. The molecule has 0 spiro atoms. The molecule has 2 rings (SSSR count). The number of fused-ring (bicyclic) bond motifs is 1. The zero-order valence-corrected chi connectivity index (χ0v) is 13.7. The fraction of sp³-hybridized carbons (Fsp3) is 0.500. The van der Waals surface area contributed by atoms with Gasteiger partial charge in [-0.25, -0.2) is 8.42 Å². The molecule has 0 bridgehead atoms. The van der Waals surface area contributed by atoms with Crippen molar-refractivity contribution in [2.75, 3.05) is 13.1 Å². The minimum Gasteiger partial charge on any atom is -0.389 e. The zero-order valence-electron chi connectivity index (χ0n) is 12.8. The van der Waals surface area contributed by atoms with Crippen molar-refractivity contribution < 1.29 is 13.5 Å². The number of hydrogen-bond donors (Lipinski definition) is 1. The number of allylic oxidation sites excluding steroid dienone is 1. The molecule has 1 aromatic carbocycles. The predicted molar refractivity (Wildman–Crippen MR) is 85.2 cm³/mol. The molecule has 5 heteroatoms. The maximum absolute atomic E-state index is 12.8. The molecular weight excluding hydrogens is 286 g/mol. The first-order valence-corrected chi connectivity index (χ1v) is 8.69. The first-order valence-electron chi connectivity index (χ1n) is 7.25. The molecule has 0 saturated carbocycles. The summed E-state index contributed by atoms with van der Waals surface area (Å²) in [6, 6.07) is 7.86. The highest BCUT2D eigenvalue weighted by Crippen LogP contribution is 2.29. The van der Waals surface area contributed by atoms with Crippen LogP contribution in [-0.4, -0.2) is 36.5 Å². The Morgan fingerprint density at radius 1 is 1.24 bits per heavy atom. The zero-order chi connectivity index (χ0) is 15.7. The summed E-state index contributed by atoms with van der Waals surface area (Å²) in [4.78, 5) is 0.437. The van der Waals surface area contributed by atoms with Crippen LogP contribution in [0.5, 0.6) is 0 Å². The number of rotatable bonds is 5. The van der Waals surface area contributed by atoms with E-state index in [2.05, 4.69) is 0 Å². The molecule has 1 aromatic rings. The van der Waals surface area contributed by atoms with Crippen molar-refractivity contribution in [3.63, 3.8) is 0 Å². The van der Waals surface area contributed by atoms with E-state index in [9.17, 15) is 13.5 Å². The second kappa shape index (κ2) is 5.91. The summed E-state index contributed by atoms with van der Waals surface area (Å²) in [5, 5.41) is 9.91. The molecule has 1 N–H and O–H groups in total. The minimum absolute atomic E-state index is 0.102. The summed E-state index contributed by atoms with van der Waals surface area (Å²) in [5.74, 6) is 0. The molecule has 1 aliphatic carbocycles. The van der Waals surface area contributed by atoms with Crippen LogP contribution < -0.4 is 0 Å². The van der Waals surface area contributed by atoms with Crippen molar-refractivity contribution in [2.24, 2.45) is 0 Å². The molecule has 0 fully saturated rings. The van der Waals surface area contributed by atoms with Gasteiger partial charge in [-0.05, 0) is 43.9 Å². The van der Waals surface area contributed by atoms with Gasteiger partial charge in [0.2, 0.25) is 10.0 Å². The van der Waals surface area contributed by atoms with Crippen LogP contribution in [0, 0.1) is 0 Å². The van der Waals surface area contributed by atoms with Crippen LogP contribution in [-0.2, 0) is 16.4 Å². The average Bonchev–Trinajstić information content (AvgIpc) is 2.43. The highest BCUT2D eigenvalue weighted by molar-refractivity contribution is 7.93. The Labute approximate surface area is 127 Å². The number of benzene rings is 1. The van der Waals surface area contributed by atoms with Crippen molar-refractivity contribution in [1.82, 2.24) is 4.31 Å². The lowest BCUT2D eigenvalue weighted by molar-refractivity contribution is 0.0603. The van der Waals surface area contributed by atoms with Gasteiger partial charge in [0.15, 0.2) is 0 Å². The monoisotopic (exact) mass is 309 g/mol. The highest BCUT2D eigenvalue weighted by atomic mass is 32.2. The van der Waals surface area contributed by atoms with Crippen LogP contribution in [0.4, 0.5) is 0 Å². The van der Waals surface area contributed by atoms with E-state index < -0.39 is 15.6 Å². The maximum Gasteiger partial charge on any atom is 0.239 e. The van der Waals surface area contributed by atoms with Gasteiger partial charge in [-0.2, -0.15) is 4.31 Å². The van der Waals surface area contributed by atoms with E-state index >= 15 is 0 Å². The van der Waals surface area contributed by atoms with Crippen LogP contribution in [0.2, 0.25) is 0 Å². The molecule has 116 valence electrons. The quantitative estimate of drug-likeness (QED) is 0.908. The van der Waals surface area contributed by atoms with E-state index in [0.717, 1.165) is 12.0 Å². The number of nitrogens with zero attached hydrogens (tertiary/aromatic N) is 1. The van der Waals surface area contributed by atoms with Crippen molar-refractivity contribution in [1.29, 1.82) is 0 Å². The lowest BCUT2D eigenvalue weighted by atomic mass is 9.98. The van der Waals surface area contributed by atoms with E-state index in [1.54, 1.807) is 26.8 Å². The third kappa shape index (κ3) is 3.73. The van der Waals surface area contributed by atoms with Crippen molar-refractivity contribution in [3.05, 3.63) is 40.3 Å². The summed E-state index contributed by atoms with van der Waals surface area (Å²) in [6.45, 7) is 5.49. The Kier molecular flexibility index (Phi) is 4.56. The molecule has 0 unspecified atom stereocenters. The largest absolute Gasteiger partial charge is 0.389 e. The van der Waals surface area contributed by atoms with E-state index in [1.807, 2.05) is 24.3 Å². The summed E-state index contributed by atoms with van der Waals surface area (Å²) < 4.78 is 26.9. The smallest absolute Gasteiger partial charge is 0.239 e. The standard InChI is InChI=1S/C16H23NO3S/c1-4-17(12-16(2,3)18)21(19,20)15-10-9-13-7-5-6-8-14(13)11-15/h5-8,11,18H,4,9-10,12H2,1-3H3. The Hall–Kier alpha value is -1.17. The normalized spacial score (nSPS) is 15.8. The van der Waals surface area contributed by atoms with Crippen molar-refractivity contribution in [3.8, 4) is 0 Å². The van der Waals surface area contributed by atoms with Crippen molar-refractivity contribution in [2.45, 2.75) is 39.2 Å². The van der Waals surface area contributed by atoms with Gasteiger partial charge >= 0.3 is 0 Å². The van der Waals surface area contributed by atoms with E-state index in [0.29, 0.717) is 17.9 Å². The lowest BCUT2D eigenvalue weighted by Crippen LogP contribution is -2.42. The molecular formula is C16H23NO3S. The highest BCUT2D eigenvalue weighted by Gasteiger charge is 2.31. The first kappa shape index (κ1) is 16.2. The van der Waals surface area contributed by atoms with Gasteiger partial charge < -0.3 is 5.11 Å². The van der Waals surface area contributed by atoms with Gasteiger partial charge in [-0.3, -0.25) is 0 Å². The predicted octanol–water partition coefficient (Wildman–Crippen LogP) is 2.40. The van der Waals surface area contributed by atoms with E-state index in [1.165, 1.54) is 9.87 Å². The Balaban J connectivity index is 2.34. The summed E-state index contributed by atoms with van der Waals surface area (Å²) in [6.07, 6.45) is 3.02. The molecule has 0 aliphatic heterocycles. The summed E-state index contributed by atoms with van der Waals surface area (Å²) in [7, 11) is -3.52. The summed E-state index contributed by atoms with van der Waals surface area (Å²) in [5.41, 5.74) is 1.11.